The normalized spacial score (nSPS) is 9.85. The highest BCUT2D eigenvalue weighted by Gasteiger charge is 2.20. The van der Waals surface area contributed by atoms with Gasteiger partial charge in [0.15, 0.2) is 0 Å². The van der Waals surface area contributed by atoms with Gasteiger partial charge in [0, 0.05) is 18.3 Å². The summed E-state index contributed by atoms with van der Waals surface area (Å²) in [4.78, 5) is 25.0. The first kappa shape index (κ1) is 13.6. The molecule has 0 bridgehead atoms. The Bertz CT molecular complexity index is 626. The maximum atomic E-state index is 12.2. The second kappa shape index (κ2) is 5.88. The first-order valence-electron chi connectivity index (χ1n) is 6.10. The molecule has 0 heterocycles. The minimum Gasteiger partial charge on any atom is -0.399 e. The molecule has 3 amide bonds. The van der Waals surface area contributed by atoms with Gasteiger partial charge >= 0.3 is 6.03 Å². The van der Waals surface area contributed by atoms with Crippen LogP contribution >= 0.6 is 0 Å². The lowest BCUT2D eigenvalue weighted by molar-refractivity contribution is -0.115. The molecule has 0 aliphatic carbocycles. The highest BCUT2D eigenvalue weighted by atomic mass is 16.2. The van der Waals surface area contributed by atoms with Crippen LogP contribution in [0.15, 0.2) is 54.6 Å². The summed E-state index contributed by atoms with van der Waals surface area (Å²) in [5, 5.41) is 2.67. The second-order valence-corrected chi connectivity index (χ2v) is 4.25. The molecule has 5 nitrogen and oxygen atoms in total. The molecule has 3 N–H and O–H groups in total. The lowest BCUT2D eigenvalue weighted by Gasteiger charge is -2.20. The molecule has 2 aromatic rings. The average molecular weight is 269 g/mol. The molecule has 102 valence electrons. The molecule has 0 aromatic heterocycles. The SMILES string of the molecule is CC(=O)N(C(=O)Nc1ccccc1)c1cccc(N)c1. The number of benzene rings is 2. The lowest BCUT2D eigenvalue weighted by Crippen LogP contribution is -2.38. The van der Waals surface area contributed by atoms with Gasteiger partial charge in [0.25, 0.3) is 0 Å². The number of carbonyl (C=O) groups is 2. The van der Waals surface area contributed by atoms with Crippen LogP contribution in [0.25, 0.3) is 0 Å². The van der Waals surface area contributed by atoms with Gasteiger partial charge in [-0.3, -0.25) is 4.79 Å². The molecule has 0 spiro atoms. The fourth-order valence-corrected chi connectivity index (χ4v) is 1.81. The number of nitrogens with zero attached hydrogens (tertiary/aromatic N) is 1. The summed E-state index contributed by atoms with van der Waals surface area (Å²) in [5.74, 6) is -0.385. The van der Waals surface area contributed by atoms with Crippen LogP contribution in [-0.2, 0) is 4.79 Å². The van der Waals surface area contributed by atoms with Gasteiger partial charge < -0.3 is 11.1 Å². The van der Waals surface area contributed by atoms with E-state index in [1.165, 1.54) is 6.92 Å². The van der Waals surface area contributed by atoms with Gasteiger partial charge in [0.05, 0.1) is 5.69 Å². The minimum atomic E-state index is -0.519. The Kier molecular flexibility index (Phi) is 4.00. The number of anilines is 3. The zero-order valence-electron chi connectivity index (χ0n) is 11.0. The van der Waals surface area contributed by atoms with Crippen LogP contribution in [0.2, 0.25) is 0 Å². The van der Waals surface area contributed by atoms with Crippen molar-refractivity contribution in [1.29, 1.82) is 0 Å². The van der Waals surface area contributed by atoms with Crippen molar-refractivity contribution in [2.24, 2.45) is 0 Å². The Hall–Kier alpha value is -2.82. The van der Waals surface area contributed by atoms with Gasteiger partial charge in [-0.1, -0.05) is 24.3 Å². The molecule has 5 heteroatoms. The summed E-state index contributed by atoms with van der Waals surface area (Å²) >= 11 is 0. The van der Waals surface area contributed by atoms with E-state index in [0.717, 1.165) is 4.90 Å². The molecule has 2 aromatic carbocycles. The van der Waals surface area contributed by atoms with Crippen LogP contribution in [-0.4, -0.2) is 11.9 Å². The van der Waals surface area contributed by atoms with E-state index in [1.807, 2.05) is 6.07 Å². The predicted octanol–water partition coefficient (Wildman–Crippen LogP) is 2.85. The number of para-hydroxylation sites is 1. The van der Waals surface area contributed by atoms with Crippen LogP contribution in [0.4, 0.5) is 21.9 Å². The molecular formula is C15H15N3O2. The van der Waals surface area contributed by atoms with Gasteiger partial charge in [0.2, 0.25) is 5.91 Å². The number of rotatable bonds is 2. The molecule has 0 saturated carbocycles. The zero-order chi connectivity index (χ0) is 14.5. The molecule has 0 radical (unpaired) electrons. The number of nitrogens with two attached hydrogens (primary N) is 1. The van der Waals surface area contributed by atoms with Crippen LogP contribution in [0.3, 0.4) is 0 Å². The number of hydrogen-bond donors (Lipinski definition) is 2. The molecule has 2 rings (SSSR count). The van der Waals surface area contributed by atoms with Crippen molar-refractivity contribution in [3.8, 4) is 0 Å². The molecule has 0 unspecified atom stereocenters. The second-order valence-electron chi connectivity index (χ2n) is 4.25. The number of amides is 3. The Morgan fingerprint density at radius 2 is 1.75 bits per heavy atom. The Morgan fingerprint density at radius 3 is 2.35 bits per heavy atom. The first-order valence-corrected chi connectivity index (χ1v) is 6.10. The van der Waals surface area contributed by atoms with Crippen LogP contribution in [0.5, 0.6) is 0 Å². The summed E-state index contributed by atoms with van der Waals surface area (Å²) in [6.45, 7) is 1.33. The number of carbonyl (C=O) groups excluding carboxylic acids is 2. The molecule has 0 saturated heterocycles. The van der Waals surface area contributed by atoms with Crippen molar-refractivity contribution in [1.82, 2.24) is 0 Å². The van der Waals surface area contributed by atoms with Crippen molar-refractivity contribution >= 4 is 29.0 Å². The fourth-order valence-electron chi connectivity index (χ4n) is 1.81. The van der Waals surface area contributed by atoms with E-state index < -0.39 is 6.03 Å². The standard InChI is InChI=1S/C15H15N3O2/c1-11(19)18(14-9-5-6-12(16)10-14)15(20)17-13-7-3-2-4-8-13/h2-10H,16H2,1H3,(H,17,20). The van der Waals surface area contributed by atoms with Crippen molar-refractivity contribution in [2.75, 3.05) is 16.0 Å². The Labute approximate surface area is 117 Å². The van der Waals surface area contributed by atoms with E-state index in [-0.39, 0.29) is 5.91 Å². The van der Waals surface area contributed by atoms with Gasteiger partial charge in [-0.25, -0.2) is 9.69 Å². The smallest absolute Gasteiger partial charge is 0.333 e. The summed E-state index contributed by atoms with van der Waals surface area (Å²) in [6, 6.07) is 15.0. The number of urea groups is 1. The van der Waals surface area contributed by atoms with Crippen LogP contribution in [0.1, 0.15) is 6.92 Å². The van der Waals surface area contributed by atoms with Crippen molar-refractivity contribution < 1.29 is 9.59 Å². The van der Waals surface area contributed by atoms with E-state index in [0.29, 0.717) is 17.1 Å². The maximum Gasteiger partial charge on any atom is 0.333 e. The summed E-state index contributed by atoms with van der Waals surface area (Å²) in [5.41, 5.74) is 7.22. The molecule has 0 atom stereocenters. The molecule has 0 fully saturated rings. The van der Waals surface area contributed by atoms with Crippen molar-refractivity contribution in [3.05, 3.63) is 54.6 Å². The number of nitrogen functional groups attached to an aromatic ring is 1. The maximum absolute atomic E-state index is 12.2. The third-order valence-corrected chi connectivity index (χ3v) is 2.67. The van der Waals surface area contributed by atoms with Crippen molar-refractivity contribution in [2.45, 2.75) is 6.92 Å². The van der Waals surface area contributed by atoms with E-state index in [2.05, 4.69) is 5.32 Å². The van der Waals surface area contributed by atoms with E-state index >= 15 is 0 Å². The van der Waals surface area contributed by atoms with E-state index in [1.54, 1.807) is 48.5 Å². The zero-order valence-corrected chi connectivity index (χ0v) is 11.0. The molecular weight excluding hydrogens is 254 g/mol. The Balaban J connectivity index is 2.25. The molecule has 0 aliphatic heterocycles. The third-order valence-electron chi connectivity index (χ3n) is 2.67. The topological polar surface area (TPSA) is 75.4 Å². The van der Waals surface area contributed by atoms with E-state index in [9.17, 15) is 9.59 Å². The molecule has 20 heavy (non-hydrogen) atoms. The fraction of sp³-hybridized carbons (Fsp3) is 0.0667. The third kappa shape index (κ3) is 3.14. The summed E-state index contributed by atoms with van der Waals surface area (Å²) in [6.07, 6.45) is 0. The summed E-state index contributed by atoms with van der Waals surface area (Å²) < 4.78 is 0. The van der Waals surface area contributed by atoms with Crippen LogP contribution < -0.4 is 16.0 Å². The van der Waals surface area contributed by atoms with Gasteiger partial charge in [-0.2, -0.15) is 0 Å². The van der Waals surface area contributed by atoms with Gasteiger partial charge in [-0.05, 0) is 30.3 Å². The molecule has 0 aliphatic rings. The van der Waals surface area contributed by atoms with E-state index in [4.69, 9.17) is 5.73 Å². The predicted molar refractivity (Wildman–Crippen MR) is 79.5 cm³/mol. The highest BCUT2D eigenvalue weighted by Crippen LogP contribution is 2.19. The van der Waals surface area contributed by atoms with Crippen molar-refractivity contribution in [3.63, 3.8) is 0 Å². The summed E-state index contributed by atoms with van der Waals surface area (Å²) in [7, 11) is 0. The van der Waals surface area contributed by atoms with Gasteiger partial charge in [0.1, 0.15) is 0 Å². The highest BCUT2D eigenvalue weighted by molar-refractivity contribution is 6.17. The Morgan fingerprint density at radius 1 is 1.05 bits per heavy atom. The number of nitrogens with one attached hydrogen (secondary N) is 1. The van der Waals surface area contributed by atoms with Crippen LogP contribution in [0, 0.1) is 0 Å². The quantitative estimate of drug-likeness (QED) is 0.823. The average Bonchev–Trinajstić information content (AvgIpc) is 2.39. The number of hydrogen-bond acceptors (Lipinski definition) is 3. The monoisotopic (exact) mass is 269 g/mol. The van der Waals surface area contributed by atoms with Gasteiger partial charge in [-0.15, -0.1) is 0 Å². The number of imide groups is 1. The lowest BCUT2D eigenvalue weighted by atomic mass is 10.2. The first-order chi connectivity index (χ1) is 9.58. The largest absolute Gasteiger partial charge is 0.399 e. The minimum absolute atomic E-state index is 0.385.